The van der Waals surface area contributed by atoms with Crippen LogP contribution in [0, 0.1) is 0 Å². The van der Waals surface area contributed by atoms with Crippen molar-refractivity contribution in [3.8, 4) is 0 Å². The van der Waals surface area contributed by atoms with Gasteiger partial charge in [0.1, 0.15) is 12.9 Å². The van der Waals surface area contributed by atoms with Crippen LogP contribution in [0.25, 0.3) is 11.2 Å². The lowest BCUT2D eigenvalue weighted by Gasteiger charge is -2.01. The molecule has 8 heteroatoms. The predicted molar refractivity (Wildman–Crippen MR) is 50.2 cm³/mol. The maximum Gasteiger partial charge on any atom is 0.322 e. The smallest absolute Gasteiger partial charge is 0.322 e. The normalized spacial score (nSPS) is 10.5. The van der Waals surface area contributed by atoms with Gasteiger partial charge in [0.15, 0.2) is 17.0 Å². The van der Waals surface area contributed by atoms with Crippen LogP contribution in [0.2, 0.25) is 0 Å². The highest BCUT2D eigenvalue weighted by molar-refractivity contribution is 5.83. The zero-order valence-electron chi connectivity index (χ0n) is 7.88. The van der Waals surface area contributed by atoms with Crippen molar-refractivity contribution in [1.29, 1.82) is 0 Å². The maximum absolute atomic E-state index is 10.4. The number of rotatable bonds is 3. The molecule has 8 nitrogen and oxygen atoms in total. The fourth-order valence-corrected chi connectivity index (χ4v) is 1.14. The molecule has 78 valence electrons. The molecule has 2 aromatic rings. The Kier molecular flexibility index (Phi) is 2.16. The molecule has 0 spiro atoms. The number of aryl methyl sites for hydroxylation is 1. The molecule has 0 saturated carbocycles. The van der Waals surface area contributed by atoms with E-state index in [1.165, 1.54) is 11.0 Å². The molecule has 0 fully saturated rings. The molecule has 2 aromatic heterocycles. The van der Waals surface area contributed by atoms with Crippen LogP contribution >= 0.6 is 0 Å². The summed E-state index contributed by atoms with van der Waals surface area (Å²) in [6.07, 6.45) is 1.33. The second-order valence-electron chi connectivity index (χ2n) is 2.85. The van der Waals surface area contributed by atoms with Gasteiger partial charge in [-0.05, 0) is 0 Å². The molecule has 0 aliphatic heterocycles. The van der Waals surface area contributed by atoms with E-state index in [-0.39, 0.29) is 6.54 Å². The van der Waals surface area contributed by atoms with Gasteiger partial charge in [-0.3, -0.25) is 4.79 Å². The number of anilines is 1. The Morgan fingerprint density at radius 2 is 2.40 bits per heavy atom. The zero-order valence-corrected chi connectivity index (χ0v) is 7.88. The van der Waals surface area contributed by atoms with Gasteiger partial charge in [0.05, 0.1) is 0 Å². The van der Waals surface area contributed by atoms with Crippen molar-refractivity contribution in [3.05, 3.63) is 6.33 Å². The summed E-state index contributed by atoms with van der Waals surface area (Å²) in [6, 6.07) is 0. The van der Waals surface area contributed by atoms with Gasteiger partial charge in [-0.2, -0.15) is 0 Å². The van der Waals surface area contributed by atoms with E-state index in [4.69, 9.17) is 5.11 Å². The molecule has 0 radical (unpaired) electrons. The lowest BCUT2D eigenvalue weighted by atomic mass is 10.5. The van der Waals surface area contributed by atoms with Crippen LogP contribution in [0.15, 0.2) is 6.33 Å². The molecule has 0 aliphatic rings. The maximum atomic E-state index is 10.4. The molecular weight excluding hydrogens is 200 g/mol. The third-order valence-electron chi connectivity index (χ3n) is 1.80. The van der Waals surface area contributed by atoms with Gasteiger partial charge in [-0.15, -0.1) is 5.10 Å². The van der Waals surface area contributed by atoms with Crippen LogP contribution in [0.5, 0.6) is 0 Å². The second-order valence-corrected chi connectivity index (χ2v) is 2.85. The van der Waals surface area contributed by atoms with E-state index in [0.29, 0.717) is 17.0 Å². The highest BCUT2D eigenvalue weighted by Gasteiger charge is 2.09. The first kappa shape index (κ1) is 9.31. The highest BCUT2D eigenvalue weighted by Crippen LogP contribution is 2.14. The Labute approximate surface area is 83.9 Å². The average Bonchev–Trinajstić information content (AvgIpc) is 2.58. The molecule has 0 aliphatic carbocycles. The number of carboxylic acids is 1. The minimum atomic E-state index is -0.967. The molecule has 0 bridgehead atoms. The summed E-state index contributed by atoms with van der Waals surface area (Å²) in [4.78, 5) is 18.2. The first-order chi connectivity index (χ1) is 7.18. The number of nitrogens with zero attached hydrogens (tertiary/aromatic N) is 5. The molecule has 0 amide bonds. The minimum absolute atomic E-state index is 0.220. The van der Waals surface area contributed by atoms with Crippen molar-refractivity contribution >= 4 is 23.0 Å². The third kappa shape index (κ3) is 1.68. The van der Waals surface area contributed by atoms with Gasteiger partial charge >= 0.3 is 5.97 Å². The number of hydrogen-bond acceptors (Lipinski definition) is 6. The van der Waals surface area contributed by atoms with Crippen LogP contribution in [0.1, 0.15) is 0 Å². The lowest BCUT2D eigenvalue weighted by molar-refractivity contribution is -0.134. The fraction of sp³-hybridized carbons (Fsp3) is 0.286. The molecule has 2 rings (SSSR count). The van der Waals surface area contributed by atoms with Gasteiger partial charge in [0, 0.05) is 7.05 Å². The van der Waals surface area contributed by atoms with Crippen molar-refractivity contribution in [2.45, 2.75) is 0 Å². The molecule has 0 aromatic carbocycles. The van der Waals surface area contributed by atoms with Crippen LogP contribution in [0.3, 0.4) is 0 Å². The predicted octanol–water partition coefficient (Wildman–Crippen LogP) is -0.745. The van der Waals surface area contributed by atoms with Crippen molar-refractivity contribution in [1.82, 2.24) is 25.0 Å². The van der Waals surface area contributed by atoms with Crippen LogP contribution < -0.4 is 5.32 Å². The van der Waals surface area contributed by atoms with Gasteiger partial charge in [-0.1, -0.05) is 5.21 Å². The summed E-state index contributed by atoms with van der Waals surface area (Å²) < 4.78 is 1.49. The first-order valence-electron chi connectivity index (χ1n) is 4.14. The molecule has 2 N–H and O–H groups in total. The van der Waals surface area contributed by atoms with Gasteiger partial charge in [0.2, 0.25) is 0 Å². The molecule has 15 heavy (non-hydrogen) atoms. The number of aromatic nitrogens is 5. The SMILES string of the molecule is Cn1nnc2c(NCC(=O)O)ncnc21. The first-order valence-corrected chi connectivity index (χ1v) is 4.14. The molecule has 0 atom stereocenters. The summed E-state index contributed by atoms with van der Waals surface area (Å²) in [5.74, 6) is -0.596. The van der Waals surface area contributed by atoms with Gasteiger partial charge in [0.25, 0.3) is 0 Å². The second kappa shape index (κ2) is 3.48. The number of aliphatic carboxylic acids is 1. The zero-order chi connectivity index (χ0) is 10.8. The Morgan fingerprint density at radius 3 is 3.13 bits per heavy atom. The summed E-state index contributed by atoms with van der Waals surface area (Å²) in [7, 11) is 1.70. The lowest BCUT2D eigenvalue weighted by Crippen LogP contribution is -2.13. The van der Waals surface area contributed by atoms with E-state index >= 15 is 0 Å². The number of carboxylic acid groups (broad SMARTS) is 1. The third-order valence-corrected chi connectivity index (χ3v) is 1.80. The highest BCUT2D eigenvalue weighted by atomic mass is 16.4. The number of carbonyl (C=O) groups is 1. The summed E-state index contributed by atoms with van der Waals surface area (Å²) >= 11 is 0. The van der Waals surface area contributed by atoms with Crippen molar-refractivity contribution < 1.29 is 9.90 Å². The van der Waals surface area contributed by atoms with Crippen LogP contribution in [-0.2, 0) is 11.8 Å². The summed E-state index contributed by atoms with van der Waals surface area (Å²) in [5.41, 5.74) is 1.01. The summed E-state index contributed by atoms with van der Waals surface area (Å²) in [5, 5.41) is 18.7. The van der Waals surface area contributed by atoms with Crippen molar-refractivity contribution in [2.24, 2.45) is 7.05 Å². The number of hydrogen-bond donors (Lipinski definition) is 2. The fourth-order valence-electron chi connectivity index (χ4n) is 1.14. The van der Waals surface area contributed by atoms with E-state index < -0.39 is 5.97 Å². The Morgan fingerprint density at radius 1 is 1.60 bits per heavy atom. The van der Waals surface area contributed by atoms with E-state index in [0.717, 1.165) is 0 Å². The Balaban J connectivity index is 2.38. The Hall–Kier alpha value is -2.25. The molecule has 0 saturated heterocycles. The standard InChI is InChI=1S/C7H8N6O2/c1-13-7-5(11-12-13)6(9-3-10-7)8-2-4(14)15/h3H,2H2,1H3,(H,14,15)(H,8,9,10). The topological polar surface area (TPSA) is 106 Å². The largest absolute Gasteiger partial charge is 0.480 e. The molecular formula is C7H8N6O2. The van der Waals surface area contributed by atoms with E-state index in [2.05, 4.69) is 25.6 Å². The van der Waals surface area contributed by atoms with Crippen molar-refractivity contribution in [3.63, 3.8) is 0 Å². The number of fused-ring (bicyclic) bond motifs is 1. The summed E-state index contributed by atoms with van der Waals surface area (Å²) in [6.45, 7) is -0.220. The van der Waals surface area contributed by atoms with E-state index in [1.54, 1.807) is 7.05 Å². The van der Waals surface area contributed by atoms with E-state index in [1.807, 2.05) is 0 Å². The number of nitrogens with one attached hydrogen (secondary N) is 1. The molecule has 0 unspecified atom stereocenters. The quantitative estimate of drug-likeness (QED) is 0.683. The van der Waals surface area contributed by atoms with Crippen molar-refractivity contribution in [2.75, 3.05) is 11.9 Å². The van der Waals surface area contributed by atoms with Gasteiger partial charge < -0.3 is 10.4 Å². The monoisotopic (exact) mass is 208 g/mol. The van der Waals surface area contributed by atoms with Gasteiger partial charge in [-0.25, -0.2) is 14.6 Å². The van der Waals surface area contributed by atoms with Crippen LogP contribution in [-0.4, -0.2) is 42.6 Å². The minimum Gasteiger partial charge on any atom is -0.480 e. The Bertz CT molecular complexity index is 507. The van der Waals surface area contributed by atoms with E-state index in [9.17, 15) is 4.79 Å². The average molecular weight is 208 g/mol. The van der Waals surface area contributed by atoms with Crippen LogP contribution in [0.4, 0.5) is 5.82 Å². The molecule has 2 heterocycles.